The molecule has 1 saturated heterocycles. The van der Waals surface area contributed by atoms with Crippen LogP contribution in [0.5, 0.6) is 0 Å². The van der Waals surface area contributed by atoms with Crippen LogP contribution in [0, 0.1) is 0 Å². The summed E-state index contributed by atoms with van der Waals surface area (Å²) >= 11 is 1.77. The molecule has 1 N–H and O–H groups in total. The fourth-order valence-electron chi connectivity index (χ4n) is 2.36. The van der Waals surface area contributed by atoms with Gasteiger partial charge < -0.3 is 10.1 Å². The molecule has 1 aromatic heterocycles. The van der Waals surface area contributed by atoms with Crippen LogP contribution in [0.1, 0.15) is 19.4 Å². The van der Waals surface area contributed by atoms with Crippen LogP contribution in [0.25, 0.3) is 0 Å². The standard InChI is InChI=1S/C14H24N2OS/c1-3-16-5-6-17-14(10-16)9-15-12(2)8-13-4-7-18-11-13/h4,7,11-12,14-15H,3,5-6,8-10H2,1-2H3. The highest BCUT2D eigenvalue weighted by Crippen LogP contribution is 2.09. The molecule has 0 saturated carbocycles. The van der Waals surface area contributed by atoms with E-state index in [2.05, 4.69) is 40.9 Å². The molecular weight excluding hydrogens is 244 g/mol. The van der Waals surface area contributed by atoms with E-state index in [1.54, 1.807) is 11.3 Å². The first kappa shape index (κ1) is 14.0. The maximum absolute atomic E-state index is 5.79. The van der Waals surface area contributed by atoms with Gasteiger partial charge in [0.15, 0.2) is 0 Å². The van der Waals surface area contributed by atoms with Gasteiger partial charge in [-0.05, 0) is 42.3 Å². The Hall–Kier alpha value is -0.420. The molecule has 2 rings (SSSR count). The number of likely N-dealkylation sites (N-methyl/N-ethyl adjacent to an activating group) is 1. The average molecular weight is 268 g/mol. The normalized spacial score (nSPS) is 23.1. The van der Waals surface area contributed by atoms with Gasteiger partial charge in [-0.2, -0.15) is 11.3 Å². The third-order valence-corrected chi connectivity index (χ3v) is 4.22. The molecule has 2 heterocycles. The van der Waals surface area contributed by atoms with Gasteiger partial charge in [0, 0.05) is 25.7 Å². The van der Waals surface area contributed by atoms with E-state index >= 15 is 0 Å². The Morgan fingerprint density at radius 2 is 2.50 bits per heavy atom. The lowest BCUT2D eigenvalue weighted by Crippen LogP contribution is -2.47. The predicted octanol–water partition coefficient (Wildman–Crippen LogP) is 1.99. The van der Waals surface area contributed by atoms with E-state index < -0.39 is 0 Å². The SMILES string of the molecule is CCN1CCOC(CNC(C)Cc2ccsc2)C1. The van der Waals surface area contributed by atoms with Gasteiger partial charge in [0.25, 0.3) is 0 Å². The molecule has 1 aromatic rings. The maximum Gasteiger partial charge on any atom is 0.0826 e. The second-order valence-corrected chi connectivity index (χ2v) is 5.81. The Labute approximate surface area is 114 Å². The number of rotatable bonds is 6. The van der Waals surface area contributed by atoms with Crippen LogP contribution in [0.4, 0.5) is 0 Å². The van der Waals surface area contributed by atoms with Crippen LogP contribution < -0.4 is 5.32 Å². The van der Waals surface area contributed by atoms with E-state index in [1.807, 2.05) is 0 Å². The molecule has 102 valence electrons. The van der Waals surface area contributed by atoms with E-state index in [4.69, 9.17) is 4.74 Å². The first-order chi connectivity index (χ1) is 8.78. The van der Waals surface area contributed by atoms with Crippen molar-refractivity contribution in [3.05, 3.63) is 22.4 Å². The molecule has 0 aliphatic carbocycles. The van der Waals surface area contributed by atoms with Gasteiger partial charge >= 0.3 is 0 Å². The van der Waals surface area contributed by atoms with Crippen molar-refractivity contribution in [1.29, 1.82) is 0 Å². The molecule has 1 fully saturated rings. The topological polar surface area (TPSA) is 24.5 Å². The number of nitrogens with one attached hydrogen (secondary N) is 1. The molecule has 18 heavy (non-hydrogen) atoms. The second-order valence-electron chi connectivity index (χ2n) is 5.03. The van der Waals surface area contributed by atoms with Crippen LogP contribution in [-0.2, 0) is 11.2 Å². The van der Waals surface area contributed by atoms with E-state index in [9.17, 15) is 0 Å². The number of nitrogens with zero attached hydrogens (tertiary/aromatic N) is 1. The van der Waals surface area contributed by atoms with Crippen LogP contribution in [0.15, 0.2) is 16.8 Å². The zero-order valence-electron chi connectivity index (χ0n) is 11.4. The fourth-order valence-corrected chi connectivity index (χ4v) is 3.04. The predicted molar refractivity (Wildman–Crippen MR) is 77.3 cm³/mol. The van der Waals surface area contributed by atoms with Crippen LogP contribution in [-0.4, -0.2) is 49.8 Å². The molecule has 1 aliphatic heterocycles. The number of ether oxygens (including phenoxy) is 1. The zero-order chi connectivity index (χ0) is 12.8. The summed E-state index contributed by atoms with van der Waals surface area (Å²) in [6.45, 7) is 9.57. The van der Waals surface area contributed by atoms with E-state index in [-0.39, 0.29) is 0 Å². The highest BCUT2D eigenvalue weighted by molar-refractivity contribution is 7.07. The summed E-state index contributed by atoms with van der Waals surface area (Å²) in [6.07, 6.45) is 1.46. The molecular formula is C14H24N2OS. The van der Waals surface area contributed by atoms with Gasteiger partial charge in [0.05, 0.1) is 12.7 Å². The van der Waals surface area contributed by atoms with Crippen molar-refractivity contribution in [2.45, 2.75) is 32.4 Å². The number of thiophene rings is 1. The summed E-state index contributed by atoms with van der Waals surface area (Å²) < 4.78 is 5.79. The van der Waals surface area contributed by atoms with E-state index in [0.29, 0.717) is 12.1 Å². The van der Waals surface area contributed by atoms with Crippen molar-refractivity contribution in [1.82, 2.24) is 10.2 Å². The Morgan fingerprint density at radius 1 is 1.61 bits per heavy atom. The van der Waals surface area contributed by atoms with Crippen molar-refractivity contribution in [3.63, 3.8) is 0 Å². The lowest BCUT2D eigenvalue weighted by Gasteiger charge is -2.32. The first-order valence-corrected chi connectivity index (χ1v) is 7.80. The van der Waals surface area contributed by atoms with E-state index in [0.717, 1.165) is 39.2 Å². The average Bonchev–Trinajstić information content (AvgIpc) is 2.89. The zero-order valence-corrected chi connectivity index (χ0v) is 12.2. The first-order valence-electron chi connectivity index (χ1n) is 6.86. The summed E-state index contributed by atoms with van der Waals surface area (Å²) in [5, 5.41) is 7.96. The van der Waals surface area contributed by atoms with Gasteiger partial charge in [0.1, 0.15) is 0 Å². The molecule has 0 amide bonds. The maximum atomic E-state index is 5.79. The minimum atomic E-state index is 0.351. The van der Waals surface area contributed by atoms with Gasteiger partial charge in [-0.1, -0.05) is 6.92 Å². The molecule has 2 atom stereocenters. The van der Waals surface area contributed by atoms with Crippen molar-refractivity contribution in [2.24, 2.45) is 0 Å². The Kier molecular flexibility index (Phi) is 5.63. The van der Waals surface area contributed by atoms with Crippen LogP contribution in [0.3, 0.4) is 0 Å². The van der Waals surface area contributed by atoms with Crippen LogP contribution in [0.2, 0.25) is 0 Å². The highest BCUT2D eigenvalue weighted by atomic mass is 32.1. The quantitative estimate of drug-likeness (QED) is 0.854. The molecule has 0 aromatic carbocycles. The number of hydrogen-bond donors (Lipinski definition) is 1. The second kappa shape index (κ2) is 7.24. The lowest BCUT2D eigenvalue weighted by atomic mass is 10.1. The van der Waals surface area contributed by atoms with Gasteiger partial charge in [0.2, 0.25) is 0 Å². The highest BCUT2D eigenvalue weighted by Gasteiger charge is 2.19. The molecule has 0 spiro atoms. The minimum absolute atomic E-state index is 0.351. The summed E-state index contributed by atoms with van der Waals surface area (Å²) in [5.41, 5.74) is 1.43. The van der Waals surface area contributed by atoms with Gasteiger partial charge in [-0.15, -0.1) is 0 Å². The summed E-state index contributed by atoms with van der Waals surface area (Å²) in [6, 6.07) is 2.72. The van der Waals surface area contributed by atoms with Crippen LogP contribution >= 0.6 is 11.3 Å². The van der Waals surface area contributed by atoms with Crippen molar-refractivity contribution in [3.8, 4) is 0 Å². The molecule has 2 unspecified atom stereocenters. The summed E-state index contributed by atoms with van der Waals surface area (Å²) in [4.78, 5) is 2.46. The third-order valence-electron chi connectivity index (χ3n) is 3.49. The van der Waals surface area contributed by atoms with Crippen molar-refractivity contribution >= 4 is 11.3 Å². The fraction of sp³-hybridized carbons (Fsp3) is 0.714. The number of morpholine rings is 1. The molecule has 0 radical (unpaired) electrons. The number of hydrogen-bond acceptors (Lipinski definition) is 4. The largest absolute Gasteiger partial charge is 0.374 e. The Morgan fingerprint density at radius 3 is 3.22 bits per heavy atom. The summed E-state index contributed by atoms with van der Waals surface area (Å²) in [5.74, 6) is 0. The third kappa shape index (κ3) is 4.35. The minimum Gasteiger partial charge on any atom is -0.374 e. The Bertz CT molecular complexity index is 329. The molecule has 1 aliphatic rings. The van der Waals surface area contributed by atoms with E-state index in [1.165, 1.54) is 5.56 Å². The lowest BCUT2D eigenvalue weighted by molar-refractivity contribution is -0.0261. The van der Waals surface area contributed by atoms with Crippen molar-refractivity contribution < 1.29 is 4.74 Å². The summed E-state index contributed by atoms with van der Waals surface area (Å²) in [7, 11) is 0. The van der Waals surface area contributed by atoms with Crippen molar-refractivity contribution in [2.75, 3.05) is 32.8 Å². The van der Waals surface area contributed by atoms with Gasteiger partial charge in [-0.25, -0.2) is 0 Å². The molecule has 3 nitrogen and oxygen atoms in total. The molecule has 0 bridgehead atoms. The molecule has 4 heteroatoms. The smallest absolute Gasteiger partial charge is 0.0826 e. The Balaban J connectivity index is 1.67. The van der Waals surface area contributed by atoms with Gasteiger partial charge in [-0.3, -0.25) is 4.90 Å². The monoisotopic (exact) mass is 268 g/mol.